The van der Waals surface area contributed by atoms with Gasteiger partial charge in [-0.15, -0.1) is 0 Å². The topological polar surface area (TPSA) is 45.7 Å². The van der Waals surface area contributed by atoms with Crippen molar-refractivity contribution in [2.75, 3.05) is 33.8 Å². The summed E-state index contributed by atoms with van der Waals surface area (Å²) >= 11 is 0. The first-order valence-electron chi connectivity index (χ1n) is 9.55. The molecule has 0 N–H and O–H groups in total. The minimum absolute atomic E-state index is 0.133. The van der Waals surface area contributed by atoms with Gasteiger partial charge in [-0.2, -0.15) is 0 Å². The summed E-state index contributed by atoms with van der Waals surface area (Å²) in [6, 6.07) is 12.5. The van der Waals surface area contributed by atoms with E-state index in [-0.39, 0.29) is 5.91 Å². The molecule has 0 saturated carbocycles. The summed E-state index contributed by atoms with van der Waals surface area (Å²) in [5.41, 5.74) is 3.85. The summed E-state index contributed by atoms with van der Waals surface area (Å²) in [5.74, 6) is 2.00. The molecule has 2 aromatic rings. The van der Waals surface area contributed by atoms with Gasteiger partial charge >= 0.3 is 0 Å². The van der Waals surface area contributed by atoms with E-state index in [9.17, 15) is 4.79 Å². The molecule has 1 aromatic carbocycles. The van der Waals surface area contributed by atoms with Gasteiger partial charge in [-0.05, 0) is 56.6 Å². The first kappa shape index (κ1) is 18.0. The van der Waals surface area contributed by atoms with Gasteiger partial charge in [0.1, 0.15) is 5.75 Å². The minimum Gasteiger partial charge on any atom is -0.497 e. The Bertz CT molecular complexity index is 829. The van der Waals surface area contributed by atoms with Crippen LogP contribution in [-0.4, -0.2) is 54.5 Å². The molecule has 142 valence electrons. The van der Waals surface area contributed by atoms with E-state index in [1.165, 1.54) is 5.56 Å². The largest absolute Gasteiger partial charge is 0.497 e. The Kier molecular flexibility index (Phi) is 4.64. The molecule has 1 aromatic heterocycles. The first-order valence-corrected chi connectivity index (χ1v) is 9.55. The molecule has 0 bridgehead atoms. The van der Waals surface area contributed by atoms with Crippen LogP contribution in [0.3, 0.4) is 0 Å². The number of aromatic nitrogens is 1. The van der Waals surface area contributed by atoms with Gasteiger partial charge in [0.25, 0.3) is 5.91 Å². The fraction of sp³-hybridized carbons (Fsp3) is 0.455. The third-order valence-corrected chi connectivity index (χ3v) is 5.97. The Morgan fingerprint density at radius 3 is 2.37 bits per heavy atom. The Labute approximate surface area is 161 Å². The van der Waals surface area contributed by atoms with E-state index >= 15 is 0 Å². The van der Waals surface area contributed by atoms with Crippen LogP contribution in [0.4, 0.5) is 0 Å². The van der Waals surface area contributed by atoms with Crippen molar-refractivity contribution < 1.29 is 9.53 Å². The highest BCUT2D eigenvalue weighted by Crippen LogP contribution is 2.44. The Morgan fingerprint density at radius 1 is 1.07 bits per heavy atom. The number of likely N-dealkylation sites (tertiary alicyclic amines) is 2. The number of amides is 1. The highest BCUT2D eigenvalue weighted by Gasteiger charge is 2.47. The van der Waals surface area contributed by atoms with Gasteiger partial charge < -0.3 is 9.64 Å². The standard InChI is InChI=1S/C22H27N3O2/c1-14-9-17(10-15(2)23-14)22(26)25-12-18-11-24(3)21(20(18)13-25)16-5-7-19(27-4)8-6-16/h5-10,18,20-21H,11-13H2,1-4H3/t18-,20+,21+/m0/s1. The fourth-order valence-electron chi connectivity index (χ4n) is 4.87. The molecule has 2 aliphatic heterocycles. The van der Waals surface area contributed by atoms with Crippen LogP contribution in [0.2, 0.25) is 0 Å². The molecule has 5 heteroatoms. The molecule has 3 heterocycles. The van der Waals surface area contributed by atoms with Gasteiger partial charge in [-0.25, -0.2) is 0 Å². The molecule has 3 atom stereocenters. The second kappa shape index (κ2) is 6.97. The lowest BCUT2D eigenvalue weighted by molar-refractivity contribution is 0.0767. The zero-order valence-corrected chi connectivity index (χ0v) is 16.5. The number of rotatable bonds is 3. The first-order chi connectivity index (χ1) is 13.0. The van der Waals surface area contributed by atoms with E-state index in [2.05, 4.69) is 29.1 Å². The molecule has 2 saturated heterocycles. The van der Waals surface area contributed by atoms with Gasteiger partial charge in [-0.3, -0.25) is 14.7 Å². The van der Waals surface area contributed by atoms with Crippen molar-refractivity contribution in [1.82, 2.24) is 14.8 Å². The van der Waals surface area contributed by atoms with Crippen LogP contribution in [-0.2, 0) is 0 Å². The van der Waals surface area contributed by atoms with Crippen LogP contribution in [0.5, 0.6) is 5.75 Å². The summed E-state index contributed by atoms with van der Waals surface area (Å²) in [5, 5.41) is 0. The van der Waals surface area contributed by atoms with E-state index in [4.69, 9.17) is 4.74 Å². The quantitative estimate of drug-likeness (QED) is 0.839. The Morgan fingerprint density at radius 2 is 1.74 bits per heavy atom. The predicted octanol–water partition coefficient (Wildman–Crippen LogP) is 3.08. The summed E-state index contributed by atoms with van der Waals surface area (Å²) < 4.78 is 5.29. The number of aryl methyl sites for hydroxylation is 2. The van der Waals surface area contributed by atoms with Crippen molar-refractivity contribution >= 4 is 5.91 Å². The zero-order chi connectivity index (χ0) is 19.1. The SMILES string of the molecule is COc1ccc([C@@H]2[C@@H]3CN(C(=O)c4cc(C)nc(C)c4)C[C@@H]3CN2C)cc1. The molecule has 0 aliphatic carbocycles. The van der Waals surface area contributed by atoms with Crippen molar-refractivity contribution in [3.63, 3.8) is 0 Å². The summed E-state index contributed by atoms with van der Waals surface area (Å²) in [6.07, 6.45) is 0. The Balaban J connectivity index is 1.54. The van der Waals surface area contributed by atoms with Crippen LogP contribution in [0.1, 0.15) is 33.4 Å². The molecule has 4 rings (SSSR count). The third-order valence-electron chi connectivity index (χ3n) is 5.97. The molecule has 5 nitrogen and oxygen atoms in total. The van der Waals surface area contributed by atoms with E-state index in [0.29, 0.717) is 17.9 Å². The third kappa shape index (κ3) is 3.32. The molecule has 0 spiro atoms. The van der Waals surface area contributed by atoms with Crippen LogP contribution in [0, 0.1) is 25.7 Å². The number of nitrogens with zero attached hydrogens (tertiary/aromatic N) is 3. The molecular formula is C22H27N3O2. The van der Waals surface area contributed by atoms with Gasteiger partial charge in [0.2, 0.25) is 0 Å². The number of hydrogen-bond acceptors (Lipinski definition) is 4. The average molecular weight is 365 g/mol. The molecule has 2 fully saturated rings. The summed E-state index contributed by atoms with van der Waals surface area (Å²) in [6.45, 7) is 6.56. The predicted molar refractivity (Wildman–Crippen MR) is 105 cm³/mol. The van der Waals surface area contributed by atoms with Crippen molar-refractivity contribution in [2.45, 2.75) is 19.9 Å². The number of pyridine rings is 1. The monoisotopic (exact) mass is 365 g/mol. The Hall–Kier alpha value is -2.40. The van der Waals surface area contributed by atoms with E-state index in [0.717, 1.165) is 42.3 Å². The molecule has 0 radical (unpaired) electrons. The number of carbonyl (C=O) groups is 1. The number of fused-ring (bicyclic) bond motifs is 1. The number of ether oxygens (including phenoxy) is 1. The van der Waals surface area contributed by atoms with Gasteiger partial charge in [0, 0.05) is 48.5 Å². The van der Waals surface area contributed by atoms with Crippen LogP contribution in [0.15, 0.2) is 36.4 Å². The number of benzene rings is 1. The maximum absolute atomic E-state index is 13.1. The maximum Gasteiger partial charge on any atom is 0.254 e. The lowest BCUT2D eigenvalue weighted by Gasteiger charge is -2.27. The van der Waals surface area contributed by atoms with E-state index < -0.39 is 0 Å². The second-order valence-corrected chi connectivity index (χ2v) is 7.93. The summed E-state index contributed by atoms with van der Waals surface area (Å²) in [4.78, 5) is 21.9. The highest BCUT2D eigenvalue weighted by atomic mass is 16.5. The number of hydrogen-bond donors (Lipinski definition) is 0. The molecule has 2 aliphatic rings. The van der Waals surface area contributed by atoms with Gasteiger partial charge in [0.15, 0.2) is 0 Å². The molecular weight excluding hydrogens is 338 g/mol. The molecule has 27 heavy (non-hydrogen) atoms. The highest BCUT2D eigenvalue weighted by molar-refractivity contribution is 5.94. The van der Waals surface area contributed by atoms with Crippen molar-refractivity contribution in [1.29, 1.82) is 0 Å². The van der Waals surface area contributed by atoms with Crippen LogP contribution < -0.4 is 4.74 Å². The van der Waals surface area contributed by atoms with Gasteiger partial charge in [-0.1, -0.05) is 12.1 Å². The van der Waals surface area contributed by atoms with Crippen LogP contribution in [0.25, 0.3) is 0 Å². The lowest BCUT2D eigenvalue weighted by Crippen LogP contribution is -2.33. The lowest BCUT2D eigenvalue weighted by atomic mass is 9.89. The van der Waals surface area contributed by atoms with Gasteiger partial charge in [0.05, 0.1) is 7.11 Å². The van der Waals surface area contributed by atoms with Crippen molar-refractivity contribution in [3.05, 3.63) is 58.9 Å². The second-order valence-electron chi connectivity index (χ2n) is 7.93. The maximum atomic E-state index is 13.1. The minimum atomic E-state index is 0.133. The van der Waals surface area contributed by atoms with Crippen LogP contribution >= 0.6 is 0 Å². The van der Waals surface area contributed by atoms with E-state index in [1.807, 2.05) is 43.0 Å². The normalized spacial score (nSPS) is 24.9. The number of methoxy groups -OCH3 is 1. The summed E-state index contributed by atoms with van der Waals surface area (Å²) in [7, 11) is 3.88. The van der Waals surface area contributed by atoms with Crippen molar-refractivity contribution in [3.8, 4) is 5.75 Å². The number of carbonyl (C=O) groups excluding carboxylic acids is 1. The average Bonchev–Trinajstić information content (AvgIpc) is 3.17. The van der Waals surface area contributed by atoms with Crippen molar-refractivity contribution in [2.24, 2.45) is 11.8 Å². The zero-order valence-electron chi connectivity index (χ0n) is 16.5. The molecule has 0 unspecified atom stereocenters. The molecule has 1 amide bonds. The smallest absolute Gasteiger partial charge is 0.254 e. The van der Waals surface area contributed by atoms with E-state index in [1.54, 1.807) is 7.11 Å². The fourth-order valence-corrected chi connectivity index (χ4v) is 4.87.